The number of carbonyl (C=O) groups excluding carboxylic acids is 10. The summed E-state index contributed by atoms with van der Waals surface area (Å²) in [6.07, 6.45) is 2.07. The van der Waals surface area contributed by atoms with Gasteiger partial charge in [-0.15, -0.1) is 0 Å². The summed E-state index contributed by atoms with van der Waals surface area (Å²) in [6.45, 7) is 18.3. The van der Waals surface area contributed by atoms with Crippen LogP contribution in [-0.4, -0.2) is 248 Å². The highest BCUT2D eigenvalue weighted by molar-refractivity contribution is 7.90. The summed E-state index contributed by atoms with van der Waals surface area (Å²) in [4.78, 5) is 142. The molecule has 1 aliphatic carbocycles. The molecule has 2 aromatic rings. The molecule has 2 heterocycles. The quantitative estimate of drug-likeness (QED) is 0.0258. The van der Waals surface area contributed by atoms with Crippen molar-refractivity contribution < 1.29 is 85.2 Å². The number of ether oxygens (including phenoxy) is 5. The van der Waals surface area contributed by atoms with Gasteiger partial charge in [0.15, 0.2) is 6.35 Å². The van der Waals surface area contributed by atoms with Gasteiger partial charge in [-0.1, -0.05) is 111 Å². The normalized spacial score (nSPS) is 18.2. The number of imide groups is 1. The first-order valence-electron chi connectivity index (χ1n) is 36.2. The number of hydrogen-bond donors (Lipinski definition) is 9. The van der Waals surface area contributed by atoms with Crippen LogP contribution in [0.2, 0.25) is 0 Å². The number of amides is 10. The first-order chi connectivity index (χ1) is 49.2. The number of nitrogens with zero attached hydrogens (tertiary/aromatic N) is 4. The number of benzene rings is 2. The summed E-state index contributed by atoms with van der Waals surface area (Å²) in [7, 11) is 3.64. The van der Waals surface area contributed by atoms with E-state index in [-0.39, 0.29) is 137 Å². The van der Waals surface area contributed by atoms with Gasteiger partial charge in [-0.3, -0.25) is 68.8 Å². The molecule has 5 rings (SSSR count). The molecule has 12 atom stereocenters. The standard InChI is InChI=1S/C73H116N12O18S/c1-15-48(8)64(83(12)71(95)62(46(4)5)79-70(94)63(47(6)7)82(10)11)56(99-13)44-60(89)84-35-20-24-55(84)65(100-14)49(9)66(90)77-54(43-50-21-17-16-18-22-50)68(92)81-104(97,98)52-27-25-51(26-28-52)73(32-33-73)80-67(91)53(23-19-34-75-72(74)96)76-69(93)61(45(2)3)78-57(86)31-37-101-39-41-103-42-40-102-38-36-85-58(87)29-30-59(85)88/h16-18,21-22,25-30,45-49,53-56,61-65,72,75,96H,15,19-20,23-24,31-44,74H2,1-14H3,(H,76,93)(H,77,90)(H,78,86)(H,79,94)(H,80,91)(H,81,92)/t48-,49+,53-,54-,55-,56+,61-,62-,63-,64-,65+,72?/m0/s1. The molecule has 0 bridgehead atoms. The lowest BCUT2D eigenvalue weighted by Gasteiger charge is -2.41. The van der Waals surface area contributed by atoms with Crippen LogP contribution in [-0.2, 0) is 93.6 Å². The van der Waals surface area contributed by atoms with E-state index in [1.807, 2.05) is 60.5 Å². The molecule has 104 heavy (non-hydrogen) atoms. The molecule has 30 nitrogen and oxygen atoms in total. The van der Waals surface area contributed by atoms with Gasteiger partial charge in [-0.2, -0.15) is 0 Å². The van der Waals surface area contributed by atoms with Crippen molar-refractivity contribution in [2.75, 3.05) is 94.6 Å². The predicted octanol–water partition coefficient (Wildman–Crippen LogP) is 1.57. The Morgan fingerprint density at radius 1 is 0.702 bits per heavy atom. The van der Waals surface area contributed by atoms with E-state index in [0.29, 0.717) is 49.8 Å². The van der Waals surface area contributed by atoms with Crippen LogP contribution in [0.4, 0.5) is 0 Å². The van der Waals surface area contributed by atoms with Gasteiger partial charge in [0.2, 0.25) is 41.4 Å². The summed E-state index contributed by atoms with van der Waals surface area (Å²) in [5.74, 6) is -6.82. The number of carbonyl (C=O) groups is 10. The van der Waals surface area contributed by atoms with Crippen LogP contribution in [0, 0.1) is 29.6 Å². The third-order valence-electron chi connectivity index (χ3n) is 19.4. The van der Waals surface area contributed by atoms with E-state index in [1.165, 1.54) is 50.6 Å². The molecule has 0 radical (unpaired) electrons. The Bertz CT molecular complexity index is 3280. The Morgan fingerprint density at radius 2 is 1.30 bits per heavy atom. The molecule has 10 N–H and O–H groups in total. The van der Waals surface area contributed by atoms with Crippen molar-refractivity contribution in [1.82, 2.24) is 56.2 Å². The van der Waals surface area contributed by atoms with Crippen LogP contribution < -0.4 is 42.4 Å². The Labute approximate surface area is 613 Å². The molecule has 2 aliphatic heterocycles. The van der Waals surface area contributed by atoms with Crippen LogP contribution in [0.15, 0.2) is 71.6 Å². The summed E-state index contributed by atoms with van der Waals surface area (Å²) in [5.41, 5.74) is 5.67. The number of nitrogens with two attached hydrogens (primary N) is 1. The third-order valence-corrected chi connectivity index (χ3v) is 20.8. The summed E-state index contributed by atoms with van der Waals surface area (Å²) in [6, 6.07) is 8.21. The van der Waals surface area contributed by atoms with Gasteiger partial charge < -0.3 is 65.2 Å². The topological polar surface area (TPSA) is 394 Å². The van der Waals surface area contributed by atoms with Crippen LogP contribution >= 0.6 is 0 Å². The summed E-state index contributed by atoms with van der Waals surface area (Å²) in [5, 5.41) is 26.7. The number of aliphatic hydroxyl groups is 1. The Hall–Kier alpha value is -7.33. The van der Waals surface area contributed by atoms with E-state index in [4.69, 9.17) is 29.4 Å². The predicted molar refractivity (Wildman–Crippen MR) is 387 cm³/mol. The number of methoxy groups -OCH3 is 2. The second-order valence-electron chi connectivity index (χ2n) is 28.4. The maximum absolute atomic E-state index is 14.7. The van der Waals surface area contributed by atoms with E-state index >= 15 is 0 Å². The second-order valence-corrected chi connectivity index (χ2v) is 30.1. The molecular formula is C73H116N12O18S. The fourth-order valence-corrected chi connectivity index (χ4v) is 14.3. The minimum atomic E-state index is -4.61. The molecule has 1 unspecified atom stereocenters. The Kier molecular flexibility index (Phi) is 35.4. The largest absolute Gasteiger partial charge is 0.379 e. The number of rotatable bonds is 47. The molecule has 0 spiro atoms. The molecule has 582 valence electrons. The molecule has 10 amide bonds. The molecule has 1 saturated heterocycles. The van der Waals surface area contributed by atoms with E-state index in [0.717, 1.165) is 4.90 Å². The molecule has 0 aromatic heterocycles. The minimum absolute atomic E-state index is 0.0187. The third kappa shape index (κ3) is 25.7. The number of nitrogens with one attached hydrogen (secondary N) is 7. The highest BCUT2D eigenvalue weighted by Gasteiger charge is 2.48. The van der Waals surface area contributed by atoms with Gasteiger partial charge in [-0.05, 0) is 106 Å². The molecule has 1 saturated carbocycles. The fraction of sp³-hybridized carbons (Fsp3) is 0.671. The van der Waals surface area contributed by atoms with Gasteiger partial charge in [0.05, 0.1) is 99.3 Å². The maximum atomic E-state index is 14.7. The highest BCUT2D eigenvalue weighted by Crippen LogP contribution is 2.46. The van der Waals surface area contributed by atoms with E-state index in [2.05, 4.69) is 36.6 Å². The van der Waals surface area contributed by atoms with Crippen molar-refractivity contribution in [1.29, 1.82) is 0 Å². The van der Waals surface area contributed by atoms with Gasteiger partial charge >= 0.3 is 0 Å². The maximum Gasteiger partial charge on any atom is 0.264 e. The smallest absolute Gasteiger partial charge is 0.264 e. The zero-order valence-corrected chi connectivity index (χ0v) is 63.9. The van der Waals surface area contributed by atoms with E-state index < -0.39 is 118 Å². The first kappa shape index (κ1) is 87.3. The zero-order chi connectivity index (χ0) is 77.2. The van der Waals surface area contributed by atoms with Crippen LogP contribution in [0.1, 0.15) is 131 Å². The average molecular weight is 1480 g/mol. The lowest BCUT2D eigenvalue weighted by atomic mass is 9.89. The number of likely N-dealkylation sites (N-methyl/N-ethyl adjacent to an activating group) is 2. The Morgan fingerprint density at radius 3 is 1.85 bits per heavy atom. The first-order valence-corrected chi connectivity index (χ1v) is 37.7. The van der Waals surface area contributed by atoms with Crippen LogP contribution in [0.5, 0.6) is 0 Å². The van der Waals surface area contributed by atoms with Gasteiger partial charge in [0.1, 0.15) is 24.2 Å². The monoisotopic (exact) mass is 1480 g/mol. The fourth-order valence-electron chi connectivity index (χ4n) is 13.3. The van der Waals surface area contributed by atoms with Gasteiger partial charge in [0.25, 0.3) is 27.7 Å². The highest BCUT2D eigenvalue weighted by atomic mass is 32.2. The molecule has 2 aromatic carbocycles. The van der Waals surface area contributed by atoms with E-state index in [1.54, 1.807) is 68.0 Å². The van der Waals surface area contributed by atoms with Crippen molar-refractivity contribution in [2.24, 2.45) is 35.3 Å². The lowest BCUT2D eigenvalue weighted by molar-refractivity contribution is -0.148. The molecule has 2 fully saturated rings. The number of likely N-dealkylation sites (tertiary alicyclic amines) is 1. The zero-order valence-electron chi connectivity index (χ0n) is 63.1. The summed E-state index contributed by atoms with van der Waals surface area (Å²) < 4.78 is 59.1. The van der Waals surface area contributed by atoms with Crippen molar-refractivity contribution >= 4 is 69.1 Å². The van der Waals surface area contributed by atoms with E-state index in [9.17, 15) is 61.5 Å². The SMILES string of the molecule is CC[C@H](C)[C@@H]([C@@H](CC(=O)N1CCC[C@H]1[C@H](OC)[C@@H](C)C(=O)N[C@@H](Cc1ccccc1)C(=O)NS(=O)(=O)c1ccc(C2(NC(=O)[C@H](CCCNC(N)O)NC(=O)[C@@H](NC(=O)CCOCCOCCOCCN3C(=O)C=CC3=O)C(C)C)CC2)cc1)OC)N(C)C(=O)[C@@H](NC(=O)[C@H](C(C)C)N(C)C)C(C)C. The minimum Gasteiger partial charge on any atom is -0.379 e. The van der Waals surface area contributed by atoms with Crippen molar-refractivity contribution in [3.63, 3.8) is 0 Å². The molecule has 3 aliphatic rings. The van der Waals surface area contributed by atoms with Crippen molar-refractivity contribution in [3.05, 3.63) is 77.9 Å². The average Bonchev–Trinajstić information content (AvgIpc) is 1.60. The van der Waals surface area contributed by atoms with Crippen molar-refractivity contribution in [3.8, 4) is 0 Å². The number of sulfonamides is 1. The number of aliphatic hydroxyl groups excluding tert-OH is 1. The summed E-state index contributed by atoms with van der Waals surface area (Å²) >= 11 is 0. The number of hydrogen-bond acceptors (Lipinski definition) is 21. The van der Waals surface area contributed by atoms with Crippen LogP contribution in [0.3, 0.4) is 0 Å². The second kappa shape index (κ2) is 42.1. The molecule has 31 heteroatoms. The van der Waals surface area contributed by atoms with Crippen molar-refractivity contribution in [2.45, 2.75) is 198 Å². The van der Waals surface area contributed by atoms with Gasteiger partial charge in [-0.25, -0.2) is 13.1 Å². The van der Waals surface area contributed by atoms with Crippen LogP contribution in [0.25, 0.3) is 0 Å². The lowest BCUT2D eigenvalue weighted by Crippen LogP contribution is -2.59. The Balaban J connectivity index is 1.21. The van der Waals surface area contributed by atoms with Gasteiger partial charge in [0, 0.05) is 52.8 Å². The molecular weight excluding hydrogens is 1360 g/mol.